The zero-order chi connectivity index (χ0) is 23.6. The summed E-state index contributed by atoms with van der Waals surface area (Å²) in [5.74, 6) is -1.50. The number of rotatable bonds is 6. The molecule has 0 radical (unpaired) electrons. The highest BCUT2D eigenvalue weighted by molar-refractivity contribution is 5.97. The molecule has 0 aromatic carbocycles. The number of nitrogens with zero attached hydrogens (tertiary/aromatic N) is 4. The van der Waals surface area contributed by atoms with Gasteiger partial charge in [0.2, 0.25) is 11.8 Å². The van der Waals surface area contributed by atoms with Gasteiger partial charge in [-0.2, -0.15) is 9.61 Å². The van der Waals surface area contributed by atoms with Crippen molar-refractivity contribution >= 4 is 23.5 Å². The van der Waals surface area contributed by atoms with Gasteiger partial charge < -0.3 is 20.1 Å². The average Bonchev–Trinajstić information content (AvgIpc) is 3.69. The predicted molar refractivity (Wildman–Crippen MR) is 118 cm³/mol. The maximum absolute atomic E-state index is 14.8. The number of aromatic nitrogens is 3. The maximum atomic E-state index is 14.8. The number of nitrogens with one attached hydrogen (secondary N) is 1. The molecule has 4 fully saturated rings. The van der Waals surface area contributed by atoms with Crippen LogP contribution in [0, 0.1) is 0 Å². The van der Waals surface area contributed by atoms with Crippen LogP contribution in [0.3, 0.4) is 0 Å². The van der Waals surface area contributed by atoms with Crippen LogP contribution in [-0.2, 0) is 16.1 Å². The van der Waals surface area contributed by atoms with E-state index in [-0.39, 0.29) is 36.3 Å². The topological polar surface area (TPSA) is 118 Å². The Morgan fingerprint density at radius 2 is 1.94 bits per heavy atom. The van der Waals surface area contributed by atoms with Crippen LogP contribution in [0.1, 0.15) is 54.4 Å². The van der Waals surface area contributed by atoms with E-state index in [9.17, 15) is 23.9 Å². The lowest BCUT2D eigenvalue weighted by molar-refractivity contribution is -0.134. The fourth-order valence-electron chi connectivity index (χ4n) is 4.80. The molecule has 2 atom stereocenters. The Morgan fingerprint density at radius 1 is 1.24 bits per heavy atom. The lowest BCUT2D eigenvalue weighted by Crippen LogP contribution is -2.45. The van der Waals surface area contributed by atoms with Gasteiger partial charge in [0.05, 0.1) is 24.9 Å². The number of alkyl halides is 1. The maximum Gasteiger partial charge on any atom is 0.270 e. The van der Waals surface area contributed by atoms with Gasteiger partial charge in [-0.3, -0.25) is 19.0 Å². The molecule has 2 N–H and O–H groups in total. The first-order valence-electron chi connectivity index (χ1n) is 11.8. The number of hydrogen-bond acceptors (Lipinski definition) is 6. The monoisotopic (exact) mass is 471 g/mol. The third-order valence-corrected chi connectivity index (χ3v) is 7.04. The number of hydrogen-bond donors (Lipinski definition) is 2. The first-order chi connectivity index (χ1) is 16.3. The molecule has 2 amide bonds. The van der Waals surface area contributed by atoms with Crippen molar-refractivity contribution in [2.75, 3.05) is 13.1 Å². The molecule has 4 aliphatic rings. The minimum absolute atomic E-state index is 0.0241. The Kier molecular flexibility index (Phi) is 4.80. The third kappa shape index (κ3) is 3.77. The van der Waals surface area contributed by atoms with Crippen LogP contribution in [-0.4, -0.2) is 73.0 Å². The van der Waals surface area contributed by atoms with Crippen LogP contribution < -0.4 is 10.9 Å². The van der Waals surface area contributed by atoms with Crippen molar-refractivity contribution in [3.05, 3.63) is 33.8 Å². The van der Waals surface area contributed by atoms with E-state index in [0.717, 1.165) is 34.8 Å². The van der Waals surface area contributed by atoms with E-state index in [1.54, 1.807) is 4.90 Å². The van der Waals surface area contributed by atoms with Crippen LogP contribution >= 0.6 is 0 Å². The molecule has 2 aliphatic carbocycles. The van der Waals surface area contributed by atoms with Gasteiger partial charge in [0.1, 0.15) is 11.3 Å². The first-order valence-corrected chi connectivity index (χ1v) is 11.8. The second-order valence-corrected chi connectivity index (χ2v) is 9.86. The molecular formula is C23H26FN5O5. The molecule has 34 heavy (non-hydrogen) atoms. The normalized spacial score (nSPS) is 25.3. The SMILES string of the molecule is O=C(NC1CC1)c1c(O)n2ncc(C=CC(=O)N3CC4CCC(C3)O4)c2n(CC2(F)CC2)c1=O. The number of aromatic hydroxyl groups is 1. The molecule has 11 heteroatoms. The molecule has 10 nitrogen and oxygen atoms in total. The standard InChI is InChI=1S/C23H26FN5O5/c24-23(7-8-23)12-28-20-13(1-6-17(30)27-10-15-4-5-16(11-27)34-15)9-25-29(20)22(33)18(21(28)32)19(31)26-14-2-3-14/h1,6,9,14-16,33H,2-5,7-8,10-12H2,(H,26,31). The van der Waals surface area contributed by atoms with Crippen molar-refractivity contribution < 1.29 is 23.8 Å². The fourth-order valence-corrected chi connectivity index (χ4v) is 4.80. The van der Waals surface area contributed by atoms with E-state index >= 15 is 0 Å². The number of morpholine rings is 1. The van der Waals surface area contributed by atoms with E-state index in [1.165, 1.54) is 18.3 Å². The molecule has 2 unspecified atom stereocenters. The minimum atomic E-state index is -1.54. The fraction of sp³-hybridized carbons (Fsp3) is 0.565. The summed E-state index contributed by atoms with van der Waals surface area (Å²) in [5.41, 5.74) is -2.27. The van der Waals surface area contributed by atoms with E-state index in [0.29, 0.717) is 31.5 Å². The summed E-state index contributed by atoms with van der Waals surface area (Å²) in [6.45, 7) is 0.806. The molecule has 2 aromatic heterocycles. The molecule has 2 aliphatic heterocycles. The van der Waals surface area contributed by atoms with Crippen LogP contribution in [0.4, 0.5) is 4.39 Å². The van der Waals surface area contributed by atoms with Crippen molar-refractivity contribution in [2.24, 2.45) is 0 Å². The van der Waals surface area contributed by atoms with Crippen molar-refractivity contribution in [1.29, 1.82) is 0 Å². The highest BCUT2D eigenvalue weighted by Crippen LogP contribution is 2.41. The second kappa shape index (κ2) is 7.66. The van der Waals surface area contributed by atoms with E-state index < -0.39 is 28.6 Å². The number of amides is 2. The van der Waals surface area contributed by atoms with Gasteiger partial charge in [0.25, 0.3) is 11.5 Å². The zero-order valence-electron chi connectivity index (χ0n) is 18.6. The van der Waals surface area contributed by atoms with Gasteiger partial charge in [-0.15, -0.1) is 0 Å². The first kappa shape index (κ1) is 21.3. The number of carbonyl (C=O) groups is 2. The Morgan fingerprint density at radius 3 is 2.59 bits per heavy atom. The van der Waals surface area contributed by atoms with Gasteiger partial charge in [-0.05, 0) is 44.6 Å². The Balaban J connectivity index is 1.37. The summed E-state index contributed by atoms with van der Waals surface area (Å²) in [4.78, 5) is 40.5. The molecular weight excluding hydrogens is 445 g/mol. The number of fused-ring (bicyclic) bond motifs is 3. The smallest absolute Gasteiger partial charge is 0.270 e. The van der Waals surface area contributed by atoms with Crippen LogP contribution in [0.5, 0.6) is 5.88 Å². The quantitative estimate of drug-likeness (QED) is 0.607. The molecule has 4 heterocycles. The summed E-state index contributed by atoms with van der Waals surface area (Å²) in [6, 6.07) is -0.0241. The van der Waals surface area contributed by atoms with Crippen molar-refractivity contribution in [1.82, 2.24) is 24.4 Å². The summed E-state index contributed by atoms with van der Waals surface area (Å²) >= 11 is 0. The Labute approximate surface area is 194 Å². The highest BCUT2D eigenvalue weighted by Gasteiger charge is 2.45. The van der Waals surface area contributed by atoms with E-state index in [4.69, 9.17) is 4.74 Å². The summed E-state index contributed by atoms with van der Waals surface area (Å²) in [5, 5.41) is 17.6. The van der Waals surface area contributed by atoms with E-state index in [2.05, 4.69) is 10.4 Å². The average molecular weight is 471 g/mol. The minimum Gasteiger partial charge on any atom is -0.492 e. The number of likely N-dealkylation sites (tertiary alicyclic amines) is 1. The number of halogens is 1. The predicted octanol–water partition coefficient (Wildman–Crippen LogP) is 0.999. The summed E-state index contributed by atoms with van der Waals surface area (Å²) in [6.07, 6.45) is 8.56. The van der Waals surface area contributed by atoms with Gasteiger partial charge in [0.15, 0.2) is 5.56 Å². The Hall–Kier alpha value is -3.21. The third-order valence-electron chi connectivity index (χ3n) is 7.04. The molecule has 0 spiro atoms. The van der Waals surface area contributed by atoms with Crippen molar-refractivity contribution in [3.8, 4) is 5.88 Å². The number of ether oxygens (including phenoxy) is 1. The Bertz CT molecular complexity index is 1260. The van der Waals surface area contributed by atoms with Gasteiger partial charge >= 0.3 is 0 Å². The molecule has 180 valence electrons. The molecule has 6 rings (SSSR count). The molecule has 2 saturated carbocycles. The van der Waals surface area contributed by atoms with Crippen LogP contribution in [0.15, 0.2) is 17.1 Å². The molecule has 2 saturated heterocycles. The largest absolute Gasteiger partial charge is 0.492 e. The summed E-state index contributed by atoms with van der Waals surface area (Å²) in [7, 11) is 0. The second-order valence-electron chi connectivity index (χ2n) is 9.86. The van der Waals surface area contributed by atoms with Crippen LogP contribution in [0.2, 0.25) is 0 Å². The van der Waals surface area contributed by atoms with Crippen LogP contribution in [0.25, 0.3) is 11.7 Å². The lowest BCUT2D eigenvalue weighted by atomic mass is 10.2. The molecule has 2 bridgehead atoms. The van der Waals surface area contributed by atoms with Crippen molar-refractivity contribution in [2.45, 2.75) is 69.0 Å². The zero-order valence-corrected chi connectivity index (χ0v) is 18.6. The van der Waals surface area contributed by atoms with Gasteiger partial charge in [-0.1, -0.05) is 0 Å². The lowest BCUT2D eigenvalue weighted by Gasteiger charge is -2.31. The van der Waals surface area contributed by atoms with E-state index in [1.807, 2.05) is 0 Å². The van der Waals surface area contributed by atoms with Gasteiger partial charge in [-0.25, -0.2) is 4.39 Å². The summed E-state index contributed by atoms with van der Waals surface area (Å²) < 4.78 is 22.8. The van der Waals surface area contributed by atoms with Crippen molar-refractivity contribution in [3.63, 3.8) is 0 Å². The number of carbonyl (C=O) groups excluding carboxylic acids is 2. The highest BCUT2D eigenvalue weighted by atomic mass is 19.1. The molecule has 2 aromatic rings. The van der Waals surface area contributed by atoms with Gasteiger partial charge in [0, 0.05) is 30.8 Å².